The summed E-state index contributed by atoms with van der Waals surface area (Å²) < 4.78 is 0. The van der Waals surface area contributed by atoms with Crippen LogP contribution in [0, 0.1) is 0 Å². The first-order valence-electron chi connectivity index (χ1n) is 5.36. The van der Waals surface area contributed by atoms with Crippen molar-refractivity contribution in [3.63, 3.8) is 0 Å². The summed E-state index contributed by atoms with van der Waals surface area (Å²) >= 11 is 0. The zero-order chi connectivity index (χ0) is 10.1. The van der Waals surface area contributed by atoms with Gasteiger partial charge >= 0.3 is 0 Å². The number of hydrogen-bond acceptors (Lipinski definition) is 0. The number of hydrogen-bond donors (Lipinski definition) is 0. The van der Waals surface area contributed by atoms with Crippen LogP contribution in [0.1, 0.15) is 5.56 Å². The van der Waals surface area contributed by atoms with Crippen molar-refractivity contribution < 1.29 is 0 Å². The topological polar surface area (TPSA) is 0 Å². The molecular weight excluding hydrogens is 210 g/mol. The van der Waals surface area contributed by atoms with E-state index >= 15 is 0 Å². The molecule has 0 saturated heterocycles. The fraction of sp³-hybridized carbons (Fsp3) is 0.143. The molecule has 0 nitrogen and oxygen atoms in total. The van der Waals surface area contributed by atoms with Crippen molar-refractivity contribution >= 4 is 26.9 Å². The molecule has 77 valence electrons. The van der Waals surface area contributed by atoms with Crippen LogP contribution >= 0.6 is 7.92 Å². The Labute approximate surface area is 100 Å². The molecule has 0 fully saturated rings. The van der Waals surface area contributed by atoms with E-state index in [1.165, 1.54) is 17.9 Å². The average molecular weight is 223 g/mol. The number of fused-ring (bicyclic) bond motifs is 1. The van der Waals surface area contributed by atoms with Crippen LogP contribution < -0.4 is 10.6 Å². The highest BCUT2D eigenvalue weighted by molar-refractivity contribution is 7.73. The molecule has 16 heavy (non-hydrogen) atoms. The van der Waals surface area contributed by atoms with Gasteiger partial charge in [0.2, 0.25) is 0 Å². The molecule has 2 heteroatoms. The van der Waals surface area contributed by atoms with E-state index in [1.54, 1.807) is 10.9 Å². The van der Waals surface area contributed by atoms with Crippen molar-refractivity contribution in [3.8, 4) is 0 Å². The Hall–Kier alpha value is -1.07. The van der Waals surface area contributed by atoms with Crippen molar-refractivity contribution in [2.24, 2.45) is 0 Å². The summed E-state index contributed by atoms with van der Waals surface area (Å²) in [5, 5.41) is 3.12. The quantitative estimate of drug-likeness (QED) is 0.514. The predicted octanol–water partition coefficient (Wildman–Crippen LogP) is 2.29. The molecule has 0 bridgehead atoms. The third-order valence-corrected chi connectivity index (χ3v) is 5.57. The van der Waals surface area contributed by atoms with E-state index in [0.29, 0.717) is 0 Å². The first kappa shape index (κ1) is 11.4. The number of benzene rings is 2. The predicted molar refractivity (Wildman–Crippen MR) is 73.4 cm³/mol. The smallest absolute Gasteiger partial charge is 0 e. The van der Waals surface area contributed by atoms with Crippen LogP contribution in [0.25, 0.3) is 0 Å². The second-order valence-electron chi connectivity index (χ2n) is 3.87. The summed E-state index contributed by atoms with van der Waals surface area (Å²) in [6.45, 7) is 0. The standard InChI is InChI=1S/C14H13P.B/c1-2-7-13(8-3-1)15-11-10-12-6-4-5-9-14(12)15;/h1-9H,10-11H2;. The monoisotopic (exact) mass is 223 g/mol. The molecule has 0 spiro atoms. The highest BCUT2D eigenvalue weighted by Crippen LogP contribution is 2.40. The van der Waals surface area contributed by atoms with Crippen molar-refractivity contribution in [2.75, 3.05) is 6.16 Å². The summed E-state index contributed by atoms with van der Waals surface area (Å²) in [7, 11) is -0.0561. The lowest BCUT2D eigenvalue weighted by Gasteiger charge is -2.11. The van der Waals surface area contributed by atoms with Crippen LogP contribution in [-0.4, -0.2) is 14.6 Å². The maximum atomic E-state index is 2.31. The van der Waals surface area contributed by atoms with Gasteiger partial charge in [-0.05, 0) is 36.7 Å². The summed E-state index contributed by atoms with van der Waals surface area (Å²) in [5.74, 6) is 0. The first-order valence-corrected chi connectivity index (χ1v) is 6.88. The lowest BCUT2D eigenvalue weighted by molar-refractivity contribution is 1.20. The lowest BCUT2D eigenvalue weighted by Crippen LogP contribution is -2.09. The molecule has 1 aliphatic heterocycles. The Morgan fingerprint density at radius 3 is 2.31 bits per heavy atom. The van der Waals surface area contributed by atoms with Crippen LogP contribution in [0.3, 0.4) is 0 Å². The van der Waals surface area contributed by atoms with Crippen LogP contribution in [-0.2, 0) is 6.42 Å². The molecule has 1 aliphatic rings. The third-order valence-electron chi connectivity index (χ3n) is 2.96. The normalized spacial score (nSPS) is 17.6. The molecule has 1 atom stereocenters. The van der Waals surface area contributed by atoms with Gasteiger partial charge in [-0.1, -0.05) is 54.6 Å². The third kappa shape index (κ3) is 1.93. The van der Waals surface area contributed by atoms with E-state index in [4.69, 9.17) is 0 Å². The van der Waals surface area contributed by atoms with Crippen LogP contribution in [0.4, 0.5) is 0 Å². The van der Waals surface area contributed by atoms with E-state index in [-0.39, 0.29) is 16.3 Å². The van der Waals surface area contributed by atoms with Gasteiger partial charge in [0.15, 0.2) is 0 Å². The molecule has 2 aromatic carbocycles. The van der Waals surface area contributed by atoms with Gasteiger partial charge in [-0.15, -0.1) is 0 Å². The molecule has 2 aromatic rings. The second-order valence-corrected chi connectivity index (χ2v) is 6.17. The maximum Gasteiger partial charge on any atom is 0 e. The van der Waals surface area contributed by atoms with Crippen LogP contribution in [0.2, 0.25) is 0 Å². The van der Waals surface area contributed by atoms with E-state index in [0.717, 1.165) is 0 Å². The molecular formula is C14H13BP. The number of aryl methyl sites for hydroxylation is 1. The Kier molecular flexibility index (Phi) is 3.46. The molecule has 0 aliphatic carbocycles. The van der Waals surface area contributed by atoms with Gasteiger partial charge in [-0.2, -0.15) is 0 Å². The fourth-order valence-electron chi connectivity index (χ4n) is 2.21. The highest BCUT2D eigenvalue weighted by Gasteiger charge is 2.22. The summed E-state index contributed by atoms with van der Waals surface area (Å²) in [5.41, 5.74) is 1.56. The van der Waals surface area contributed by atoms with Gasteiger partial charge in [0.05, 0.1) is 0 Å². The SMILES string of the molecule is [B].c1ccc(P2CCc3ccccc32)cc1. The molecule has 0 N–H and O–H groups in total. The van der Waals surface area contributed by atoms with E-state index in [2.05, 4.69) is 54.6 Å². The Morgan fingerprint density at radius 2 is 1.50 bits per heavy atom. The fourth-order valence-corrected chi connectivity index (χ4v) is 4.79. The summed E-state index contributed by atoms with van der Waals surface area (Å²) in [6, 6.07) is 19.9. The minimum Gasteiger partial charge on any atom is -0.0622 e. The molecule has 3 rings (SSSR count). The van der Waals surface area contributed by atoms with Gasteiger partial charge in [0, 0.05) is 8.41 Å². The van der Waals surface area contributed by atoms with Crippen molar-refractivity contribution in [2.45, 2.75) is 6.42 Å². The molecule has 3 radical (unpaired) electrons. The molecule has 1 heterocycles. The van der Waals surface area contributed by atoms with E-state index in [1.807, 2.05) is 0 Å². The second kappa shape index (κ2) is 4.85. The Balaban J connectivity index is 0.000000963. The van der Waals surface area contributed by atoms with Gasteiger partial charge in [-0.3, -0.25) is 0 Å². The van der Waals surface area contributed by atoms with Crippen LogP contribution in [0.15, 0.2) is 54.6 Å². The zero-order valence-electron chi connectivity index (χ0n) is 9.13. The van der Waals surface area contributed by atoms with Gasteiger partial charge < -0.3 is 0 Å². The number of rotatable bonds is 1. The van der Waals surface area contributed by atoms with Gasteiger partial charge in [0.1, 0.15) is 0 Å². The van der Waals surface area contributed by atoms with Crippen molar-refractivity contribution in [1.82, 2.24) is 0 Å². The van der Waals surface area contributed by atoms with Gasteiger partial charge in [-0.25, -0.2) is 0 Å². The van der Waals surface area contributed by atoms with E-state index < -0.39 is 0 Å². The average Bonchev–Trinajstić information content (AvgIpc) is 2.74. The summed E-state index contributed by atoms with van der Waals surface area (Å²) in [4.78, 5) is 0. The summed E-state index contributed by atoms with van der Waals surface area (Å²) in [6.07, 6.45) is 2.59. The zero-order valence-corrected chi connectivity index (χ0v) is 10.0. The molecule has 1 unspecified atom stereocenters. The van der Waals surface area contributed by atoms with Gasteiger partial charge in [0.25, 0.3) is 0 Å². The van der Waals surface area contributed by atoms with E-state index in [9.17, 15) is 0 Å². The molecule has 0 saturated carbocycles. The first-order chi connectivity index (χ1) is 7.45. The molecule has 0 amide bonds. The largest absolute Gasteiger partial charge is 0.0622 e. The lowest BCUT2D eigenvalue weighted by atomic mass is 10.2. The molecule has 0 aromatic heterocycles. The Bertz CT molecular complexity index is 467. The van der Waals surface area contributed by atoms with Crippen LogP contribution in [0.5, 0.6) is 0 Å². The Morgan fingerprint density at radius 1 is 0.812 bits per heavy atom. The van der Waals surface area contributed by atoms with Crippen molar-refractivity contribution in [1.29, 1.82) is 0 Å². The minimum atomic E-state index is -0.0561. The highest BCUT2D eigenvalue weighted by atomic mass is 31.1. The van der Waals surface area contributed by atoms with Crippen molar-refractivity contribution in [3.05, 3.63) is 60.2 Å². The maximum absolute atomic E-state index is 2.31. The minimum absolute atomic E-state index is 0.